The van der Waals surface area contributed by atoms with E-state index in [1.54, 1.807) is 19.6 Å². The van der Waals surface area contributed by atoms with Gasteiger partial charge in [-0.2, -0.15) is 0 Å². The molecule has 1 aromatic carbocycles. The number of hydrogen-bond donors (Lipinski definition) is 1. The monoisotopic (exact) mass is 423 g/mol. The van der Waals surface area contributed by atoms with E-state index in [2.05, 4.69) is 30.9 Å². The number of aromatic amines is 1. The van der Waals surface area contributed by atoms with Crippen molar-refractivity contribution < 1.29 is 14.3 Å². The number of nitrogens with one attached hydrogen (secondary N) is 1. The van der Waals surface area contributed by atoms with Gasteiger partial charge >= 0.3 is 5.97 Å². The van der Waals surface area contributed by atoms with Gasteiger partial charge in [-0.3, -0.25) is 4.90 Å². The molecule has 0 aliphatic carbocycles. The number of H-pyrrole nitrogens is 1. The maximum Gasteiger partial charge on any atom is 0.338 e. The van der Waals surface area contributed by atoms with Gasteiger partial charge in [-0.05, 0) is 50.1 Å². The smallest absolute Gasteiger partial charge is 0.338 e. The van der Waals surface area contributed by atoms with Gasteiger partial charge in [-0.15, -0.1) is 0 Å². The molecular weight excluding hydrogens is 394 g/mol. The molecule has 1 saturated heterocycles. The van der Waals surface area contributed by atoms with Crippen LogP contribution in [-0.2, 0) is 11.2 Å². The van der Waals surface area contributed by atoms with E-state index in [4.69, 9.17) is 9.47 Å². The van der Waals surface area contributed by atoms with Crippen LogP contribution in [0.3, 0.4) is 0 Å². The van der Waals surface area contributed by atoms with E-state index in [0.717, 1.165) is 68.0 Å². The second-order valence-corrected chi connectivity index (χ2v) is 7.64. The van der Waals surface area contributed by atoms with Gasteiger partial charge in [-0.25, -0.2) is 14.8 Å². The molecule has 0 amide bonds. The number of anilines is 1. The summed E-state index contributed by atoms with van der Waals surface area (Å²) in [5.41, 5.74) is 2.90. The van der Waals surface area contributed by atoms with Gasteiger partial charge in [-0.1, -0.05) is 0 Å². The number of ether oxygens (including phenoxy) is 2. The van der Waals surface area contributed by atoms with Crippen LogP contribution in [0.2, 0.25) is 0 Å². The lowest BCUT2D eigenvalue weighted by atomic mass is 10.1. The molecule has 8 heteroatoms. The first-order valence-electron chi connectivity index (χ1n) is 10.8. The Balaban J connectivity index is 1.30. The number of aryl methyl sites for hydroxylation is 1. The Morgan fingerprint density at radius 3 is 2.84 bits per heavy atom. The summed E-state index contributed by atoms with van der Waals surface area (Å²) >= 11 is 0. The zero-order chi connectivity index (χ0) is 21.6. The number of rotatable bonds is 8. The Morgan fingerprint density at radius 2 is 2.06 bits per heavy atom. The number of hydrogen-bond acceptors (Lipinski definition) is 7. The molecule has 2 aromatic heterocycles. The van der Waals surface area contributed by atoms with Gasteiger partial charge in [0, 0.05) is 43.3 Å². The van der Waals surface area contributed by atoms with Crippen molar-refractivity contribution in [1.82, 2.24) is 19.9 Å². The summed E-state index contributed by atoms with van der Waals surface area (Å²) in [6, 6.07) is 5.70. The zero-order valence-electron chi connectivity index (χ0n) is 18.1. The number of piperazine rings is 1. The van der Waals surface area contributed by atoms with Gasteiger partial charge in [0.05, 0.1) is 25.5 Å². The van der Waals surface area contributed by atoms with Gasteiger partial charge in [0.25, 0.3) is 0 Å². The summed E-state index contributed by atoms with van der Waals surface area (Å²) in [4.78, 5) is 28.5. The van der Waals surface area contributed by atoms with E-state index < -0.39 is 0 Å². The second kappa shape index (κ2) is 9.78. The molecule has 0 saturated carbocycles. The molecule has 1 N–H and O–H groups in total. The Kier molecular flexibility index (Phi) is 6.66. The van der Waals surface area contributed by atoms with Crippen LogP contribution >= 0.6 is 0 Å². The highest BCUT2D eigenvalue weighted by Crippen LogP contribution is 2.25. The first kappa shape index (κ1) is 21.1. The fraction of sp³-hybridized carbons (Fsp3) is 0.435. The van der Waals surface area contributed by atoms with Crippen LogP contribution in [0.4, 0.5) is 5.82 Å². The third-order valence-corrected chi connectivity index (χ3v) is 5.75. The molecule has 0 bridgehead atoms. The number of nitrogens with zero attached hydrogens (tertiary/aromatic N) is 4. The van der Waals surface area contributed by atoms with E-state index in [1.807, 2.05) is 25.1 Å². The minimum Gasteiger partial charge on any atom is -0.491 e. The van der Waals surface area contributed by atoms with Crippen LogP contribution in [-0.4, -0.2) is 72.3 Å². The summed E-state index contributed by atoms with van der Waals surface area (Å²) in [5, 5.41) is 1.10. The van der Waals surface area contributed by atoms with Crippen LogP contribution in [0.5, 0.6) is 5.75 Å². The lowest BCUT2D eigenvalue weighted by Crippen LogP contribution is -2.47. The van der Waals surface area contributed by atoms with Crippen molar-refractivity contribution in [2.45, 2.75) is 19.8 Å². The summed E-state index contributed by atoms with van der Waals surface area (Å²) < 4.78 is 10.5. The summed E-state index contributed by atoms with van der Waals surface area (Å²) in [5.74, 6) is 1.32. The highest BCUT2D eigenvalue weighted by atomic mass is 16.5. The van der Waals surface area contributed by atoms with Crippen molar-refractivity contribution in [3.8, 4) is 5.75 Å². The van der Waals surface area contributed by atoms with Gasteiger partial charge in [0.15, 0.2) is 11.6 Å². The van der Waals surface area contributed by atoms with Crippen molar-refractivity contribution in [2.75, 3.05) is 51.3 Å². The summed E-state index contributed by atoms with van der Waals surface area (Å²) in [7, 11) is 1.65. The van der Waals surface area contributed by atoms with Crippen LogP contribution < -0.4 is 9.64 Å². The zero-order valence-corrected chi connectivity index (χ0v) is 18.1. The number of carbonyl (C=O) groups is 1. The third-order valence-electron chi connectivity index (χ3n) is 5.75. The minimum atomic E-state index is -0.269. The molecule has 0 atom stereocenters. The van der Waals surface area contributed by atoms with E-state index in [9.17, 15) is 4.79 Å². The van der Waals surface area contributed by atoms with Crippen molar-refractivity contribution in [3.63, 3.8) is 0 Å². The predicted molar refractivity (Wildman–Crippen MR) is 120 cm³/mol. The maximum absolute atomic E-state index is 12.1. The number of esters is 1. The number of fused-ring (bicyclic) bond motifs is 1. The highest BCUT2D eigenvalue weighted by molar-refractivity contribution is 5.95. The molecule has 3 heterocycles. The number of aromatic nitrogens is 3. The molecule has 1 fully saturated rings. The molecule has 4 rings (SSSR count). The molecule has 0 unspecified atom stereocenters. The molecule has 1 aliphatic heterocycles. The standard InChI is InChI=1S/C23H29N5O3/c1-3-31-23(29)17-6-7-20-19(13-17)18(14-25-20)5-4-8-27-9-11-28(12-10-27)22-21(30-2)15-24-16-26-22/h6-7,13-16,25H,3-5,8-12H2,1-2H3. The van der Waals surface area contributed by atoms with Crippen LogP contribution in [0, 0.1) is 0 Å². The Bertz CT molecular complexity index is 1030. The molecule has 164 valence electrons. The van der Waals surface area contributed by atoms with Crippen LogP contribution in [0.15, 0.2) is 36.9 Å². The lowest BCUT2D eigenvalue weighted by molar-refractivity contribution is 0.0526. The number of carbonyl (C=O) groups excluding carboxylic acids is 1. The quantitative estimate of drug-likeness (QED) is 0.558. The molecular formula is C23H29N5O3. The van der Waals surface area contributed by atoms with Crippen molar-refractivity contribution >= 4 is 22.7 Å². The number of methoxy groups -OCH3 is 1. The molecule has 1 aliphatic rings. The van der Waals surface area contributed by atoms with Crippen molar-refractivity contribution in [1.29, 1.82) is 0 Å². The van der Waals surface area contributed by atoms with Crippen molar-refractivity contribution in [2.24, 2.45) is 0 Å². The highest BCUT2D eigenvalue weighted by Gasteiger charge is 2.20. The van der Waals surface area contributed by atoms with E-state index >= 15 is 0 Å². The van der Waals surface area contributed by atoms with Gasteiger partial charge in [0.2, 0.25) is 0 Å². The largest absolute Gasteiger partial charge is 0.491 e. The fourth-order valence-corrected chi connectivity index (χ4v) is 4.09. The Labute approximate surface area is 182 Å². The first-order chi connectivity index (χ1) is 15.2. The normalized spacial score (nSPS) is 14.7. The average Bonchev–Trinajstić information content (AvgIpc) is 3.22. The summed E-state index contributed by atoms with van der Waals surface area (Å²) in [6.45, 7) is 7.07. The lowest BCUT2D eigenvalue weighted by Gasteiger charge is -2.35. The molecule has 31 heavy (non-hydrogen) atoms. The fourth-order valence-electron chi connectivity index (χ4n) is 4.09. The van der Waals surface area contributed by atoms with E-state index in [-0.39, 0.29) is 5.97 Å². The first-order valence-corrected chi connectivity index (χ1v) is 10.8. The minimum absolute atomic E-state index is 0.269. The van der Waals surface area contributed by atoms with E-state index in [1.165, 1.54) is 5.56 Å². The van der Waals surface area contributed by atoms with Crippen LogP contribution in [0.1, 0.15) is 29.3 Å². The molecule has 8 nitrogen and oxygen atoms in total. The average molecular weight is 424 g/mol. The number of benzene rings is 1. The predicted octanol–water partition coefficient (Wildman–Crippen LogP) is 2.90. The Morgan fingerprint density at radius 1 is 1.23 bits per heavy atom. The van der Waals surface area contributed by atoms with E-state index in [0.29, 0.717) is 12.2 Å². The van der Waals surface area contributed by atoms with Gasteiger partial charge < -0.3 is 19.4 Å². The SMILES string of the molecule is CCOC(=O)c1ccc2[nH]cc(CCCN3CCN(c4ncncc4OC)CC3)c2c1. The van der Waals surface area contributed by atoms with Gasteiger partial charge in [0.1, 0.15) is 6.33 Å². The molecule has 0 radical (unpaired) electrons. The Hall–Kier alpha value is -3.13. The molecule has 0 spiro atoms. The second-order valence-electron chi connectivity index (χ2n) is 7.64. The van der Waals surface area contributed by atoms with Crippen LogP contribution in [0.25, 0.3) is 10.9 Å². The topological polar surface area (TPSA) is 83.6 Å². The third kappa shape index (κ3) is 4.80. The molecule has 3 aromatic rings. The summed E-state index contributed by atoms with van der Waals surface area (Å²) in [6.07, 6.45) is 7.36. The van der Waals surface area contributed by atoms with Crippen molar-refractivity contribution in [3.05, 3.63) is 48.0 Å². The maximum atomic E-state index is 12.1.